The second-order valence-electron chi connectivity index (χ2n) is 3.72. The number of ketones is 1. The van der Waals surface area contributed by atoms with Gasteiger partial charge in [0.05, 0.1) is 18.1 Å². The zero-order chi connectivity index (χ0) is 13.9. The van der Waals surface area contributed by atoms with Crippen LogP contribution in [0.25, 0.3) is 0 Å². The Morgan fingerprint density at radius 2 is 2.11 bits per heavy atom. The van der Waals surface area contributed by atoms with Gasteiger partial charge in [-0.1, -0.05) is 6.07 Å². The Kier molecular flexibility index (Phi) is 4.36. The number of nitrogens with zero attached hydrogens (tertiary/aromatic N) is 1. The Morgan fingerprint density at radius 3 is 2.56 bits per heavy atom. The maximum Gasteiger partial charge on any atom is 0.416 e. The third kappa shape index (κ3) is 3.23. The van der Waals surface area contributed by atoms with Crippen LogP contribution < -0.4 is 0 Å². The summed E-state index contributed by atoms with van der Waals surface area (Å²) in [5, 5.41) is 7.57. The number of alkyl halides is 4. The lowest BCUT2D eigenvalue weighted by atomic mass is 9.97. The highest BCUT2D eigenvalue weighted by molar-refractivity contribution is 6.30. The van der Waals surface area contributed by atoms with Gasteiger partial charge in [0.25, 0.3) is 0 Å². The molecule has 1 aromatic rings. The van der Waals surface area contributed by atoms with Crippen LogP contribution in [0.1, 0.15) is 29.0 Å². The minimum absolute atomic E-state index is 0.127. The van der Waals surface area contributed by atoms with E-state index in [1.165, 1.54) is 6.92 Å². The molecule has 0 fully saturated rings. The highest BCUT2D eigenvalue weighted by Gasteiger charge is 2.31. The summed E-state index contributed by atoms with van der Waals surface area (Å²) in [6.07, 6.45) is -4.71. The summed E-state index contributed by atoms with van der Waals surface area (Å²) < 4.78 is 37.6. The van der Waals surface area contributed by atoms with Gasteiger partial charge in [0.2, 0.25) is 0 Å². The summed E-state index contributed by atoms with van der Waals surface area (Å²) in [6, 6.07) is 4.62. The van der Waals surface area contributed by atoms with Crippen LogP contribution in [-0.2, 0) is 17.4 Å². The Hall–Kier alpha value is -1.54. The molecule has 0 amide bonds. The smallest absolute Gasteiger partial charge is 0.298 e. The molecule has 96 valence electrons. The van der Waals surface area contributed by atoms with Crippen LogP contribution in [0, 0.1) is 11.3 Å². The molecule has 0 spiro atoms. The molecule has 0 heterocycles. The molecule has 2 nitrogen and oxygen atoms in total. The van der Waals surface area contributed by atoms with E-state index in [9.17, 15) is 18.0 Å². The van der Waals surface area contributed by atoms with Crippen LogP contribution in [0.2, 0.25) is 0 Å². The summed E-state index contributed by atoms with van der Waals surface area (Å²) in [4.78, 5) is 11.1. The SMILES string of the molecule is CC(=O)C(Cl)c1ccc(C(F)(F)F)cc1CC#N. The van der Waals surface area contributed by atoms with Gasteiger partial charge in [-0.05, 0) is 30.2 Å². The number of benzene rings is 1. The second kappa shape index (κ2) is 5.40. The van der Waals surface area contributed by atoms with Gasteiger partial charge in [-0.2, -0.15) is 18.4 Å². The van der Waals surface area contributed by atoms with Gasteiger partial charge in [-0.3, -0.25) is 4.79 Å². The summed E-state index contributed by atoms with van der Waals surface area (Å²) in [5.74, 6) is -0.379. The average Bonchev–Trinajstić information content (AvgIpc) is 2.27. The van der Waals surface area contributed by atoms with Gasteiger partial charge in [0.1, 0.15) is 5.38 Å². The average molecular weight is 276 g/mol. The molecule has 0 saturated carbocycles. The van der Waals surface area contributed by atoms with Crippen LogP contribution >= 0.6 is 11.6 Å². The van der Waals surface area contributed by atoms with Crippen LogP contribution in [0.3, 0.4) is 0 Å². The number of halogens is 4. The minimum atomic E-state index is -4.49. The highest BCUT2D eigenvalue weighted by Crippen LogP contribution is 2.33. The molecule has 0 bridgehead atoms. The third-order valence-electron chi connectivity index (χ3n) is 2.37. The molecule has 1 unspecified atom stereocenters. The van der Waals surface area contributed by atoms with Gasteiger partial charge >= 0.3 is 6.18 Å². The normalized spacial score (nSPS) is 12.9. The topological polar surface area (TPSA) is 40.9 Å². The molecular formula is C12H9ClF3NO. The summed E-state index contributed by atoms with van der Waals surface area (Å²) in [5.41, 5.74) is -0.481. The molecule has 0 aliphatic heterocycles. The van der Waals surface area contributed by atoms with Crippen molar-refractivity contribution in [2.75, 3.05) is 0 Å². The van der Waals surface area contributed by atoms with Crippen molar-refractivity contribution >= 4 is 17.4 Å². The maximum absolute atomic E-state index is 12.5. The number of hydrogen-bond acceptors (Lipinski definition) is 2. The van der Waals surface area contributed by atoms with Crippen molar-refractivity contribution in [3.05, 3.63) is 34.9 Å². The van der Waals surface area contributed by atoms with E-state index in [-0.39, 0.29) is 23.3 Å². The van der Waals surface area contributed by atoms with Gasteiger partial charge in [-0.25, -0.2) is 0 Å². The standard InChI is InChI=1S/C12H9ClF3NO/c1-7(18)11(13)10-3-2-9(12(14,15)16)6-8(10)4-5-17/h2-3,6,11H,4H2,1H3. The van der Waals surface area contributed by atoms with E-state index < -0.39 is 17.1 Å². The van der Waals surface area contributed by atoms with Gasteiger partial charge in [0, 0.05) is 0 Å². The minimum Gasteiger partial charge on any atom is -0.298 e. The first-order chi connectivity index (χ1) is 8.27. The van der Waals surface area contributed by atoms with Crippen LogP contribution in [0.4, 0.5) is 13.2 Å². The molecule has 6 heteroatoms. The molecule has 0 aliphatic rings. The monoisotopic (exact) mass is 275 g/mol. The van der Waals surface area contributed by atoms with E-state index in [0.717, 1.165) is 18.2 Å². The number of hydrogen-bond donors (Lipinski definition) is 0. The summed E-state index contributed by atoms with van der Waals surface area (Å²) >= 11 is 5.81. The van der Waals surface area contributed by atoms with Crippen molar-refractivity contribution in [2.24, 2.45) is 0 Å². The molecule has 1 rings (SSSR count). The number of Topliss-reactive ketones (excluding diaryl/α,β-unsaturated/α-hetero) is 1. The zero-order valence-electron chi connectivity index (χ0n) is 9.38. The Bertz CT molecular complexity index is 505. The van der Waals surface area contributed by atoms with Crippen LogP contribution in [-0.4, -0.2) is 5.78 Å². The predicted octanol–water partition coefficient (Wildman–Crippen LogP) is 3.64. The van der Waals surface area contributed by atoms with E-state index in [1.54, 1.807) is 6.07 Å². The largest absolute Gasteiger partial charge is 0.416 e. The number of carbonyl (C=O) groups is 1. The van der Waals surface area contributed by atoms with Crippen molar-refractivity contribution in [1.82, 2.24) is 0 Å². The zero-order valence-corrected chi connectivity index (χ0v) is 10.1. The van der Waals surface area contributed by atoms with Crippen molar-refractivity contribution in [3.63, 3.8) is 0 Å². The summed E-state index contributed by atoms with van der Waals surface area (Å²) in [6.45, 7) is 1.24. The first-order valence-electron chi connectivity index (χ1n) is 4.99. The van der Waals surface area contributed by atoms with E-state index in [2.05, 4.69) is 0 Å². The van der Waals surface area contributed by atoms with Crippen molar-refractivity contribution in [2.45, 2.75) is 24.9 Å². The quantitative estimate of drug-likeness (QED) is 0.790. The lowest BCUT2D eigenvalue weighted by molar-refractivity contribution is -0.137. The Morgan fingerprint density at radius 1 is 1.50 bits per heavy atom. The second-order valence-corrected chi connectivity index (χ2v) is 4.16. The van der Waals surface area contributed by atoms with E-state index in [1.807, 2.05) is 0 Å². The molecule has 0 radical (unpaired) electrons. The lowest BCUT2D eigenvalue weighted by Gasteiger charge is -2.14. The van der Waals surface area contributed by atoms with Crippen molar-refractivity contribution in [3.8, 4) is 6.07 Å². The third-order valence-corrected chi connectivity index (χ3v) is 2.91. The van der Waals surface area contributed by atoms with Gasteiger partial charge in [-0.15, -0.1) is 11.6 Å². The van der Waals surface area contributed by atoms with Crippen LogP contribution in [0.15, 0.2) is 18.2 Å². The van der Waals surface area contributed by atoms with Gasteiger partial charge in [0.15, 0.2) is 5.78 Å². The molecular weight excluding hydrogens is 267 g/mol. The van der Waals surface area contributed by atoms with Gasteiger partial charge < -0.3 is 0 Å². The molecule has 1 atom stereocenters. The molecule has 0 aromatic heterocycles. The van der Waals surface area contributed by atoms with E-state index in [4.69, 9.17) is 16.9 Å². The number of carbonyl (C=O) groups excluding carboxylic acids is 1. The van der Waals surface area contributed by atoms with Crippen molar-refractivity contribution < 1.29 is 18.0 Å². The summed E-state index contributed by atoms with van der Waals surface area (Å²) in [7, 11) is 0. The Balaban J connectivity index is 3.30. The number of rotatable bonds is 3. The molecule has 0 saturated heterocycles. The first kappa shape index (κ1) is 14.5. The molecule has 0 aliphatic carbocycles. The molecule has 1 aromatic carbocycles. The first-order valence-corrected chi connectivity index (χ1v) is 5.42. The highest BCUT2D eigenvalue weighted by atomic mass is 35.5. The lowest BCUT2D eigenvalue weighted by Crippen LogP contribution is -2.10. The van der Waals surface area contributed by atoms with Crippen molar-refractivity contribution in [1.29, 1.82) is 5.26 Å². The maximum atomic E-state index is 12.5. The van der Waals surface area contributed by atoms with E-state index >= 15 is 0 Å². The fourth-order valence-corrected chi connectivity index (χ4v) is 1.70. The molecule has 18 heavy (non-hydrogen) atoms. The van der Waals surface area contributed by atoms with E-state index in [0.29, 0.717) is 0 Å². The van der Waals surface area contributed by atoms with Crippen LogP contribution in [0.5, 0.6) is 0 Å². The predicted molar refractivity (Wildman–Crippen MR) is 60.0 cm³/mol. The fraction of sp³-hybridized carbons (Fsp3) is 0.333. The fourth-order valence-electron chi connectivity index (χ4n) is 1.49. The number of nitriles is 1. The Labute approximate surface area is 107 Å². The molecule has 0 N–H and O–H groups in total.